The molecule has 0 atom stereocenters. The Labute approximate surface area is 140 Å². The molecule has 0 amide bonds. The summed E-state index contributed by atoms with van der Waals surface area (Å²) in [6, 6.07) is 12.8. The molecule has 1 aromatic heterocycles. The molecule has 0 bridgehead atoms. The zero-order chi connectivity index (χ0) is 17.5. The van der Waals surface area contributed by atoms with E-state index in [9.17, 15) is 13.2 Å². The van der Waals surface area contributed by atoms with Crippen LogP contribution < -0.4 is 10.3 Å². The van der Waals surface area contributed by atoms with E-state index >= 15 is 0 Å². The smallest absolute Gasteiger partial charge is 0.258 e. The molecule has 5 nitrogen and oxygen atoms in total. The van der Waals surface area contributed by atoms with Gasteiger partial charge in [0, 0.05) is 29.9 Å². The van der Waals surface area contributed by atoms with Crippen LogP contribution in [0.5, 0.6) is 0 Å². The number of hydrogen-bond acceptors (Lipinski definition) is 3. The first kappa shape index (κ1) is 16.3. The summed E-state index contributed by atoms with van der Waals surface area (Å²) in [5.74, 6) is 0. The summed E-state index contributed by atoms with van der Waals surface area (Å²) in [7, 11) is -1.64. The second-order valence-corrected chi connectivity index (χ2v) is 7.66. The lowest BCUT2D eigenvalue weighted by Crippen LogP contribution is -2.16. The number of aryl methyl sites for hydroxylation is 2. The van der Waals surface area contributed by atoms with Gasteiger partial charge in [0.1, 0.15) is 0 Å². The minimum absolute atomic E-state index is 0.0579. The first-order valence-corrected chi connectivity index (χ1v) is 9.32. The van der Waals surface area contributed by atoms with Crippen LogP contribution >= 0.6 is 0 Å². The molecule has 3 aromatic rings. The monoisotopic (exact) mass is 342 g/mol. The molecule has 0 radical (unpaired) electrons. The molecule has 0 saturated carbocycles. The molecular weight excluding hydrogens is 324 g/mol. The summed E-state index contributed by atoms with van der Waals surface area (Å²) in [4.78, 5) is 12.3. The van der Waals surface area contributed by atoms with E-state index in [-0.39, 0.29) is 5.56 Å². The van der Waals surface area contributed by atoms with Crippen molar-refractivity contribution in [2.24, 2.45) is 7.05 Å². The quantitative estimate of drug-likeness (QED) is 0.796. The molecule has 0 unspecified atom stereocenters. The lowest BCUT2D eigenvalue weighted by Gasteiger charge is -2.14. The zero-order valence-corrected chi connectivity index (χ0v) is 14.5. The van der Waals surface area contributed by atoms with Crippen molar-refractivity contribution >= 4 is 26.5 Å². The Kier molecular flexibility index (Phi) is 3.93. The topological polar surface area (TPSA) is 68.2 Å². The third kappa shape index (κ3) is 3.05. The van der Waals surface area contributed by atoms with Crippen LogP contribution in [0.1, 0.15) is 5.56 Å². The molecule has 0 aliphatic rings. The lowest BCUT2D eigenvalue weighted by molar-refractivity contribution is 0.607. The second kappa shape index (κ2) is 5.79. The number of aromatic nitrogens is 1. The van der Waals surface area contributed by atoms with Crippen LogP contribution in [0.15, 0.2) is 53.5 Å². The van der Waals surface area contributed by atoms with Gasteiger partial charge in [-0.25, -0.2) is 8.42 Å². The van der Waals surface area contributed by atoms with Crippen LogP contribution in [0, 0.1) is 6.92 Å². The highest BCUT2D eigenvalue weighted by Gasteiger charge is 2.12. The fourth-order valence-electron chi connectivity index (χ4n) is 2.82. The summed E-state index contributed by atoms with van der Waals surface area (Å²) in [6.45, 7) is 1.96. The number of anilines is 1. The zero-order valence-electron chi connectivity index (χ0n) is 13.7. The summed E-state index contributed by atoms with van der Waals surface area (Å²) in [6.07, 6.45) is 2.91. The van der Waals surface area contributed by atoms with Crippen LogP contribution in [-0.2, 0) is 17.1 Å². The van der Waals surface area contributed by atoms with Crippen LogP contribution in [-0.4, -0.2) is 19.2 Å². The number of pyridine rings is 1. The molecule has 0 aliphatic heterocycles. The van der Waals surface area contributed by atoms with Crippen LogP contribution in [0.25, 0.3) is 21.9 Å². The summed E-state index contributed by atoms with van der Waals surface area (Å²) >= 11 is 0. The maximum Gasteiger partial charge on any atom is 0.258 e. The number of fused-ring (bicyclic) bond motifs is 1. The second-order valence-electron chi connectivity index (χ2n) is 5.91. The number of nitrogens with zero attached hydrogens (tertiary/aromatic N) is 1. The Bertz CT molecular complexity index is 1100. The molecule has 0 saturated heterocycles. The van der Waals surface area contributed by atoms with E-state index in [0.717, 1.165) is 28.3 Å². The standard InChI is InChI=1S/C18H18N2O3S/c1-12-8-9-13(19-24(3,22)23)10-16(12)17-11-20(2)18(21)15-7-5-4-6-14(15)17/h4-11,19H,1-3H3. The Balaban J connectivity index is 2.30. The van der Waals surface area contributed by atoms with Crippen LogP contribution in [0.4, 0.5) is 5.69 Å². The summed E-state index contributed by atoms with van der Waals surface area (Å²) in [5, 5.41) is 1.48. The predicted octanol–water partition coefficient (Wildman–Crippen LogP) is 2.89. The van der Waals surface area contributed by atoms with E-state index in [1.165, 1.54) is 0 Å². The molecule has 6 heteroatoms. The molecule has 24 heavy (non-hydrogen) atoms. The van der Waals surface area contributed by atoms with Crippen molar-refractivity contribution in [1.29, 1.82) is 0 Å². The van der Waals surface area contributed by atoms with Gasteiger partial charge in [0.05, 0.1) is 6.26 Å². The Morgan fingerprint density at radius 1 is 1.00 bits per heavy atom. The average Bonchev–Trinajstić information content (AvgIpc) is 2.52. The van der Waals surface area contributed by atoms with E-state index in [1.54, 1.807) is 36.0 Å². The van der Waals surface area contributed by atoms with Crippen LogP contribution in [0.3, 0.4) is 0 Å². The number of benzene rings is 2. The molecule has 1 N–H and O–H groups in total. The minimum Gasteiger partial charge on any atom is -0.317 e. The molecule has 124 valence electrons. The Morgan fingerprint density at radius 2 is 1.67 bits per heavy atom. The summed E-state index contributed by atoms with van der Waals surface area (Å²) in [5.41, 5.74) is 3.21. The molecule has 0 fully saturated rings. The van der Waals surface area contributed by atoms with E-state index < -0.39 is 10.0 Å². The predicted molar refractivity (Wildman–Crippen MR) is 97.8 cm³/mol. The van der Waals surface area contributed by atoms with Crippen molar-refractivity contribution in [2.75, 3.05) is 11.0 Å². The SMILES string of the molecule is Cc1ccc(NS(C)(=O)=O)cc1-c1cn(C)c(=O)c2ccccc12. The number of rotatable bonds is 3. The number of hydrogen-bond donors (Lipinski definition) is 1. The number of sulfonamides is 1. The molecular formula is C18H18N2O3S. The molecule has 2 aromatic carbocycles. The third-order valence-electron chi connectivity index (χ3n) is 3.92. The fraction of sp³-hybridized carbons (Fsp3) is 0.167. The van der Waals surface area contributed by atoms with Gasteiger partial charge in [0.15, 0.2) is 0 Å². The van der Waals surface area contributed by atoms with Gasteiger partial charge < -0.3 is 4.57 Å². The van der Waals surface area contributed by atoms with Gasteiger partial charge in [-0.15, -0.1) is 0 Å². The van der Waals surface area contributed by atoms with E-state index in [4.69, 9.17) is 0 Å². The van der Waals surface area contributed by atoms with Crippen molar-refractivity contribution < 1.29 is 8.42 Å². The van der Waals surface area contributed by atoms with Gasteiger partial charge >= 0.3 is 0 Å². The van der Waals surface area contributed by atoms with E-state index in [1.807, 2.05) is 31.2 Å². The van der Waals surface area contributed by atoms with Gasteiger partial charge in [0.25, 0.3) is 5.56 Å². The maximum atomic E-state index is 12.3. The van der Waals surface area contributed by atoms with E-state index in [2.05, 4.69) is 4.72 Å². The van der Waals surface area contributed by atoms with Gasteiger partial charge in [-0.2, -0.15) is 0 Å². The largest absolute Gasteiger partial charge is 0.317 e. The highest BCUT2D eigenvalue weighted by atomic mass is 32.2. The molecule has 0 aliphatic carbocycles. The lowest BCUT2D eigenvalue weighted by atomic mass is 9.96. The Morgan fingerprint density at radius 3 is 2.33 bits per heavy atom. The van der Waals surface area contributed by atoms with Gasteiger partial charge in [-0.05, 0) is 41.6 Å². The number of nitrogens with one attached hydrogen (secondary N) is 1. The van der Waals surface area contributed by atoms with Crippen molar-refractivity contribution in [3.8, 4) is 11.1 Å². The summed E-state index contributed by atoms with van der Waals surface area (Å²) < 4.78 is 27.0. The first-order chi connectivity index (χ1) is 11.3. The van der Waals surface area contributed by atoms with Crippen molar-refractivity contribution in [3.63, 3.8) is 0 Å². The third-order valence-corrected chi connectivity index (χ3v) is 4.53. The van der Waals surface area contributed by atoms with E-state index in [0.29, 0.717) is 11.1 Å². The molecule has 1 heterocycles. The van der Waals surface area contributed by atoms with Crippen molar-refractivity contribution in [2.45, 2.75) is 6.92 Å². The van der Waals surface area contributed by atoms with Crippen LogP contribution in [0.2, 0.25) is 0 Å². The molecule has 3 rings (SSSR count). The fourth-order valence-corrected chi connectivity index (χ4v) is 3.38. The van der Waals surface area contributed by atoms with Crippen molar-refractivity contribution in [3.05, 3.63) is 64.6 Å². The van der Waals surface area contributed by atoms with Gasteiger partial charge in [-0.1, -0.05) is 24.3 Å². The average molecular weight is 342 g/mol. The molecule has 0 spiro atoms. The van der Waals surface area contributed by atoms with Gasteiger partial charge in [-0.3, -0.25) is 9.52 Å². The normalized spacial score (nSPS) is 11.6. The maximum absolute atomic E-state index is 12.3. The first-order valence-electron chi connectivity index (χ1n) is 7.43. The Hall–Kier alpha value is -2.60. The van der Waals surface area contributed by atoms with Gasteiger partial charge in [0.2, 0.25) is 10.0 Å². The van der Waals surface area contributed by atoms with Crippen molar-refractivity contribution in [1.82, 2.24) is 4.57 Å². The highest BCUT2D eigenvalue weighted by molar-refractivity contribution is 7.92. The minimum atomic E-state index is -3.35. The highest BCUT2D eigenvalue weighted by Crippen LogP contribution is 2.31.